The summed E-state index contributed by atoms with van der Waals surface area (Å²) < 4.78 is 10.5. The van der Waals surface area contributed by atoms with Gasteiger partial charge in [0.25, 0.3) is 11.8 Å². The van der Waals surface area contributed by atoms with Crippen LogP contribution in [0.4, 0.5) is 10.5 Å². The molecule has 8 nitrogen and oxygen atoms in total. The molecule has 0 bridgehead atoms. The van der Waals surface area contributed by atoms with Crippen LogP contribution >= 0.6 is 0 Å². The lowest BCUT2D eigenvalue weighted by molar-refractivity contribution is -0.128. The summed E-state index contributed by atoms with van der Waals surface area (Å²) in [5.41, 5.74) is 1.66. The molecule has 2 heterocycles. The van der Waals surface area contributed by atoms with Crippen molar-refractivity contribution in [3.63, 3.8) is 0 Å². The molecule has 2 fully saturated rings. The van der Waals surface area contributed by atoms with Crippen LogP contribution in [0.1, 0.15) is 28.8 Å². The van der Waals surface area contributed by atoms with Gasteiger partial charge in [0, 0.05) is 12.1 Å². The first-order chi connectivity index (χ1) is 14.5. The smallest absolute Gasteiger partial charge is 0.327 e. The molecule has 4 rings (SSSR count). The van der Waals surface area contributed by atoms with Crippen LogP contribution in [0.3, 0.4) is 0 Å². The number of anilines is 1. The van der Waals surface area contributed by atoms with Gasteiger partial charge in [0.1, 0.15) is 17.5 Å². The second kappa shape index (κ2) is 8.06. The van der Waals surface area contributed by atoms with Crippen LogP contribution in [0.25, 0.3) is 0 Å². The third-order valence-corrected chi connectivity index (χ3v) is 5.49. The number of carbonyl (C=O) groups is 3. The van der Waals surface area contributed by atoms with E-state index in [0.717, 1.165) is 12.0 Å². The van der Waals surface area contributed by atoms with Gasteiger partial charge in [-0.25, -0.2) is 4.79 Å². The first kappa shape index (κ1) is 19.8. The molecule has 1 N–H and O–H groups in total. The van der Waals surface area contributed by atoms with E-state index in [1.165, 1.54) is 12.0 Å². The number of urea groups is 1. The minimum Gasteiger partial charge on any atom is -0.497 e. The second-order valence-corrected chi connectivity index (χ2v) is 7.28. The van der Waals surface area contributed by atoms with Crippen LogP contribution in [0.15, 0.2) is 42.5 Å². The fraction of sp³-hybridized carbons (Fsp3) is 0.318. The lowest BCUT2D eigenvalue weighted by atomic mass is 10.1. The quantitative estimate of drug-likeness (QED) is 0.742. The Morgan fingerprint density at radius 3 is 2.53 bits per heavy atom. The van der Waals surface area contributed by atoms with E-state index in [1.54, 1.807) is 54.5 Å². The average molecular weight is 409 g/mol. The van der Waals surface area contributed by atoms with Gasteiger partial charge in [0.05, 0.1) is 26.5 Å². The summed E-state index contributed by atoms with van der Waals surface area (Å²) in [4.78, 5) is 40.7. The monoisotopic (exact) mass is 409 g/mol. The summed E-state index contributed by atoms with van der Waals surface area (Å²) in [5, 5.41) is 2.84. The van der Waals surface area contributed by atoms with Crippen molar-refractivity contribution in [3.8, 4) is 11.5 Å². The molecule has 30 heavy (non-hydrogen) atoms. The van der Waals surface area contributed by atoms with Crippen molar-refractivity contribution in [1.29, 1.82) is 0 Å². The number of hydrogen-bond acceptors (Lipinski definition) is 5. The van der Waals surface area contributed by atoms with Crippen molar-refractivity contribution in [1.82, 2.24) is 9.80 Å². The minimum absolute atomic E-state index is 0.153. The minimum atomic E-state index is -0.329. The van der Waals surface area contributed by atoms with Gasteiger partial charge in [0.2, 0.25) is 0 Å². The van der Waals surface area contributed by atoms with Gasteiger partial charge in [-0.1, -0.05) is 6.07 Å². The number of amides is 4. The molecule has 2 aliphatic rings. The summed E-state index contributed by atoms with van der Waals surface area (Å²) in [6, 6.07) is 11.4. The molecular weight excluding hydrogens is 386 g/mol. The number of methoxy groups -OCH3 is 2. The van der Waals surface area contributed by atoms with Crippen molar-refractivity contribution in [2.24, 2.45) is 0 Å². The molecule has 0 aliphatic carbocycles. The Hall–Kier alpha value is -3.55. The summed E-state index contributed by atoms with van der Waals surface area (Å²) in [5.74, 6) is 0.686. The highest BCUT2D eigenvalue weighted by molar-refractivity contribution is 6.05. The Morgan fingerprint density at radius 2 is 1.87 bits per heavy atom. The van der Waals surface area contributed by atoms with Crippen LogP contribution in [0, 0.1) is 0 Å². The van der Waals surface area contributed by atoms with Crippen molar-refractivity contribution >= 4 is 23.5 Å². The van der Waals surface area contributed by atoms with Crippen molar-refractivity contribution in [2.45, 2.75) is 25.4 Å². The molecule has 8 heteroatoms. The van der Waals surface area contributed by atoms with Crippen LogP contribution < -0.4 is 14.8 Å². The number of imide groups is 1. The summed E-state index contributed by atoms with van der Waals surface area (Å²) in [6.45, 7) is 0.775. The second-order valence-electron chi connectivity index (χ2n) is 7.28. The maximum Gasteiger partial charge on any atom is 0.327 e. The van der Waals surface area contributed by atoms with Gasteiger partial charge in [-0.2, -0.15) is 0 Å². The van der Waals surface area contributed by atoms with E-state index in [-0.39, 0.29) is 30.4 Å². The molecule has 0 aromatic heterocycles. The standard InChI is InChI=1S/C22H23N3O5/c1-29-16-8-6-15(7-9-16)20(26)23-17-12-14(5-10-19(17)30-2)13-25-21(27)18-4-3-11-24(18)22(25)28/h5-10,12,18H,3-4,11,13H2,1-2H3,(H,23,26). The molecule has 2 aromatic carbocycles. The molecule has 2 aliphatic heterocycles. The number of carbonyl (C=O) groups excluding carboxylic acids is 3. The largest absolute Gasteiger partial charge is 0.497 e. The zero-order chi connectivity index (χ0) is 21.3. The number of fused-ring (bicyclic) bond motifs is 1. The number of ether oxygens (including phenoxy) is 2. The topological polar surface area (TPSA) is 88.2 Å². The van der Waals surface area contributed by atoms with Crippen molar-refractivity contribution in [3.05, 3.63) is 53.6 Å². The molecule has 2 saturated heterocycles. The van der Waals surface area contributed by atoms with E-state index in [2.05, 4.69) is 5.32 Å². The van der Waals surface area contributed by atoms with E-state index in [1.807, 2.05) is 0 Å². The molecule has 1 atom stereocenters. The summed E-state index contributed by atoms with van der Waals surface area (Å²) in [7, 11) is 3.07. The molecule has 2 aromatic rings. The first-order valence-corrected chi connectivity index (χ1v) is 9.76. The summed E-state index contributed by atoms with van der Waals surface area (Å²) in [6.07, 6.45) is 1.58. The molecule has 0 radical (unpaired) electrons. The lowest BCUT2D eigenvalue weighted by Crippen LogP contribution is -2.32. The zero-order valence-electron chi connectivity index (χ0n) is 16.9. The predicted molar refractivity (Wildman–Crippen MR) is 110 cm³/mol. The maximum atomic E-state index is 12.6. The number of hydrogen-bond donors (Lipinski definition) is 1. The normalized spacial score (nSPS) is 17.9. The Bertz CT molecular complexity index is 967. The highest BCUT2D eigenvalue weighted by Crippen LogP contribution is 2.31. The number of rotatable bonds is 6. The highest BCUT2D eigenvalue weighted by atomic mass is 16.5. The summed E-state index contributed by atoms with van der Waals surface area (Å²) >= 11 is 0. The van der Waals surface area contributed by atoms with E-state index in [9.17, 15) is 14.4 Å². The van der Waals surface area contributed by atoms with E-state index < -0.39 is 0 Å². The van der Waals surface area contributed by atoms with Crippen molar-refractivity contribution in [2.75, 3.05) is 26.1 Å². The van der Waals surface area contributed by atoms with Crippen LogP contribution in [0.5, 0.6) is 11.5 Å². The van der Waals surface area contributed by atoms with Crippen LogP contribution in [-0.2, 0) is 11.3 Å². The van der Waals surface area contributed by atoms with Gasteiger partial charge >= 0.3 is 6.03 Å². The molecule has 0 saturated carbocycles. The third-order valence-electron chi connectivity index (χ3n) is 5.49. The highest BCUT2D eigenvalue weighted by Gasteiger charge is 2.47. The third kappa shape index (κ3) is 3.56. The Morgan fingerprint density at radius 1 is 1.10 bits per heavy atom. The van der Waals surface area contributed by atoms with Crippen LogP contribution in [0.2, 0.25) is 0 Å². The van der Waals surface area contributed by atoms with Gasteiger partial charge < -0.3 is 19.7 Å². The molecule has 0 spiro atoms. The molecule has 4 amide bonds. The van der Waals surface area contributed by atoms with Gasteiger partial charge in [0.15, 0.2) is 0 Å². The number of nitrogens with zero attached hydrogens (tertiary/aromatic N) is 2. The number of benzene rings is 2. The van der Waals surface area contributed by atoms with Crippen LogP contribution in [-0.4, -0.2) is 54.5 Å². The van der Waals surface area contributed by atoms with E-state index in [4.69, 9.17) is 9.47 Å². The zero-order valence-corrected chi connectivity index (χ0v) is 16.9. The fourth-order valence-corrected chi connectivity index (χ4v) is 3.90. The Kier molecular flexibility index (Phi) is 5.31. The van der Waals surface area contributed by atoms with Gasteiger partial charge in [-0.15, -0.1) is 0 Å². The first-order valence-electron chi connectivity index (χ1n) is 9.76. The Balaban J connectivity index is 1.52. The molecular formula is C22H23N3O5. The number of nitrogens with one attached hydrogen (secondary N) is 1. The van der Waals surface area contributed by atoms with Gasteiger partial charge in [-0.3, -0.25) is 14.5 Å². The average Bonchev–Trinajstić information content (AvgIpc) is 3.34. The maximum absolute atomic E-state index is 12.6. The van der Waals surface area contributed by atoms with E-state index in [0.29, 0.717) is 35.7 Å². The molecule has 156 valence electrons. The predicted octanol–water partition coefficient (Wildman–Crippen LogP) is 2.88. The van der Waals surface area contributed by atoms with Crippen molar-refractivity contribution < 1.29 is 23.9 Å². The lowest BCUT2D eigenvalue weighted by Gasteiger charge is -2.17. The Labute approximate surface area is 174 Å². The molecule has 1 unspecified atom stereocenters. The van der Waals surface area contributed by atoms with Gasteiger partial charge in [-0.05, 0) is 54.8 Å². The SMILES string of the molecule is COc1ccc(C(=O)Nc2cc(CN3C(=O)C4CCCN4C3=O)ccc2OC)cc1. The van der Waals surface area contributed by atoms with E-state index >= 15 is 0 Å². The fourth-order valence-electron chi connectivity index (χ4n) is 3.90.